The number of rotatable bonds is 6. The summed E-state index contributed by atoms with van der Waals surface area (Å²) in [5.41, 5.74) is 0.419. The van der Waals surface area contributed by atoms with Crippen LogP contribution in [0.25, 0.3) is 10.1 Å². The molecule has 0 saturated carbocycles. The van der Waals surface area contributed by atoms with Crippen LogP contribution in [-0.2, 0) is 9.53 Å². The summed E-state index contributed by atoms with van der Waals surface area (Å²) in [5, 5.41) is 24.7. The number of amides is 1. The van der Waals surface area contributed by atoms with E-state index in [9.17, 15) is 29.8 Å². The molecule has 10 nitrogen and oxygen atoms in total. The number of fused-ring (bicyclic) bond motifs is 1. The van der Waals surface area contributed by atoms with Crippen LogP contribution in [0, 0.1) is 27.2 Å². The molecule has 0 radical (unpaired) electrons. The van der Waals surface area contributed by atoms with Gasteiger partial charge in [0.2, 0.25) is 0 Å². The predicted molar refractivity (Wildman–Crippen MR) is 105 cm³/mol. The van der Waals surface area contributed by atoms with E-state index in [4.69, 9.17) is 4.74 Å². The normalized spacial score (nSPS) is 10.5. The molecule has 0 unspecified atom stereocenters. The van der Waals surface area contributed by atoms with E-state index in [1.165, 1.54) is 42.5 Å². The van der Waals surface area contributed by atoms with Gasteiger partial charge in [0.05, 0.1) is 9.85 Å². The Kier molecular flexibility index (Phi) is 5.50. The Morgan fingerprint density at radius 3 is 2.52 bits per heavy atom. The number of ether oxygens (including phenoxy) is 1. The number of nitro benzene ring substituents is 2. The standard InChI is InChI=1S/C18H13N3O7S/c1-10-2-3-12(8-14(10)21(26)27)19-17(22)9-28-18(23)16-7-11-6-13(20(24)25)4-5-15(11)29-16/h2-8H,9H2,1H3,(H,19,22). The van der Waals surface area contributed by atoms with Gasteiger partial charge in [0.1, 0.15) is 4.88 Å². The monoisotopic (exact) mass is 415 g/mol. The van der Waals surface area contributed by atoms with Gasteiger partial charge in [0, 0.05) is 39.5 Å². The van der Waals surface area contributed by atoms with E-state index in [0.717, 1.165) is 11.3 Å². The first-order valence-corrected chi connectivity index (χ1v) is 8.96. The number of nitrogens with zero attached hydrogens (tertiary/aromatic N) is 2. The molecule has 0 saturated heterocycles. The summed E-state index contributed by atoms with van der Waals surface area (Å²) in [6.07, 6.45) is 0. The molecule has 0 atom stereocenters. The lowest BCUT2D eigenvalue weighted by molar-refractivity contribution is -0.385. The Labute approximate surface area is 167 Å². The Hall–Kier alpha value is -3.86. The minimum absolute atomic E-state index is 0.0956. The Morgan fingerprint density at radius 2 is 1.83 bits per heavy atom. The lowest BCUT2D eigenvalue weighted by Crippen LogP contribution is -2.20. The van der Waals surface area contributed by atoms with Gasteiger partial charge in [0.25, 0.3) is 17.3 Å². The molecule has 148 valence electrons. The molecule has 1 amide bonds. The number of nitrogens with one attached hydrogen (secondary N) is 1. The molecule has 0 aliphatic rings. The van der Waals surface area contributed by atoms with Crippen LogP contribution < -0.4 is 5.32 Å². The van der Waals surface area contributed by atoms with E-state index in [1.807, 2.05) is 0 Å². The van der Waals surface area contributed by atoms with Crippen molar-refractivity contribution in [2.45, 2.75) is 6.92 Å². The molecule has 1 aromatic heterocycles. The minimum Gasteiger partial charge on any atom is -0.451 e. The smallest absolute Gasteiger partial charge is 0.348 e. The number of thiophene rings is 1. The van der Waals surface area contributed by atoms with E-state index < -0.39 is 28.3 Å². The molecule has 3 aromatic rings. The van der Waals surface area contributed by atoms with Crippen LogP contribution in [0.15, 0.2) is 42.5 Å². The predicted octanol–water partition coefficient (Wildman–Crippen LogP) is 3.82. The summed E-state index contributed by atoms with van der Waals surface area (Å²) in [4.78, 5) is 45.0. The van der Waals surface area contributed by atoms with Gasteiger partial charge in [-0.1, -0.05) is 6.07 Å². The van der Waals surface area contributed by atoms with Crippen LogP contribution >= 0.6 is 11.3 Å². The van der Waals surface area contributed by atoms with Crippen molar-refractivity contribution < 1.29 is 24.2 Å². The first-order valence-electron chi connectivity index (χ1n) is 8.14. The maximum Gasteiger partial charge on any atom is 0.348 e. The number of nitro groups is 2. The third-order valence-corrected chi connectivity index (χ3v) is 5.03. The molecular formula is C18H13N3O7S. The quantitative estimate of drug-likeness (QED) is 0.366. The fraction of sp³-hybridized carbons (Fsp3) is 0.111. The average Bonchev–Trinajstić information content (AvgIpc) is 3.10. The summed E-state index contributed by atoms with van der Waals surface area (Å²) < 4.78 is 5.63. The topological polar surface area (TPSA) is 142 Å². The molecule has 1 heterocycles. The fourth-order valence-corrected chi connectivity index (χ4v) is 3.46. The minimum atomic E-state index is -0.751. The fourth-order valence-electron chi connectivity index (χ4n) is 2.53. The Morgan fingerprint density at radius 1 is 1.07 bits per heavy atom. The van der Waals surface area contributed by atoms with Crippen LogP contribution in [0.4, 0.5) is 17.1 Å². The average molecular weight is 415 g/mol. The van der Waals surface area contributed by atoms with E-state index in [2.05, 4.69) is 5.32 Å². The molecule has 0 aliphatic carbocycles. The van der Waals surface area contributed by atoms with Crippen LogP contribution in [0.1, 0.15) is 15.2 Å². The van der Waals surface area contributed by atoms with E-state index in [0.29, 0.717) is 15.6 Å². The van der Waals surface area contributed by atoms with Crippen LogP contribution in [0.3, 0.4) is 0 Å². The molecule has 0 spiro atoms. The highest BCUT2D eigenvalue weighted by atomic mass is 32.1. The maximum atomic E-state index is 12.2. The summed E-state index contributed by atoms with van der Waals surface area (Å²) in [6, 6.07) is 9.88. The van der Waals surface area contributed by atoms with Crippen molar-refractivity contribution in [3.05, 3.63) is 73.1 Å². The molecule has 11 heteroatoms. The van der Waals surface area contributed by atoms with Crippen molar-refractivity contribution in [1.29, 1.82) is 0 Å². The second-order valence-electron chi connectivity index (χ2n) is 5.97. The third-order valence-electron chi connectivity index (χ3n) is 3.94. The zero-order valence-corrected chi connectivity index (χ0v) is 15.7. The van der Waals surface area contributed by atoms with Gasteiger partial charge in [-0.15, -0.1) is 11.3 Å². The van der Waals surface area contributed by atoms with Crippen LogP contribution in [-0.4, -0.2) is 28.3 Å². The van der Waals surface area contributed by atoms with Gasteiger partial charge in [-0.05, 0) is 25.1 Å². The zero-order chi connectivity index (χ0) is 21.1. The number of hydrogen-bond donors (Lipinski definition) is 1. The molecule has 0 bridgehead atoms. The largest absolute Gasteiger partial charge is 0.451 e. The number of non-ortho nitro benzene ring substituents is 1. The first-order chi connectivity index (χ1) is 13.7. The van der Waals surface area contributed by atoms with E-state index in [-0.39, 0.29) is 21.9 Å². The number of hydrogen-bond acceptors (Lipinski definition) is 8. The first kappa shape index (κ1) is 19.9. The number of carbonyl (C=O) groups is 2. The van der Waals surface area contributed by atoms with Gasteiger partial charge >= 0.3 is 5.97 Å². The van der Waals surface area contributed by atoms with Gasteiger partial charge in [-0.3, -0.25) is 25.0 Å². The van der Waals surface area contributed by atoms with Crippen LogP contribution in [0.5, 0.6) is 0 Å². The van der Waals surface area contributed by atoms with Crippen molar-refractivity contribution in [3.63, 3.8) is 0 Å². The summed E-state index contributed by atoms with van der Waals surface area (Å²) >= 11 is 1.08. The van der Waals surface area contributed by atoms with Crippen molar-refractivity contribution in [2.75, 3.05) is 11.9 Å². The van der Waals surface area contributed by atoms with Gasteiger partial charge in [-0.2, -0.15) is 0 Å². The molecule has 2 aromatic carbocycles. The van der Waals surface area contributed by atoms with Crippen molar-refractivity contribution in [1.82, 2.24) is 0 Å². The third kappa shape index (κ3) is 4.52. The summed E-state index contributed by atoms with van der Waals surface area (Å²) in [6.45, 7) is 0.986. The maximum absolute atomic E-state index is 12.2. The Balaban J connectivity index is 1.64. The second-order valence-corrected chi connectivity index (χ2v) is 7.06. The van der Waals surface area contributed by atoms with Crippen molar-refractivity contribution in [3.8, 4) is 0 Å². The highest BCUT2D eigenvalue weighted by Crippen LogP contribution is 2.29. The molecule has 29 heavy (non-hydrogen) atoms. The number of anilines is 1. The summed E-state index contributed by atoms with van der Waals surface area (Å²) in [5.74, 6) is -1.41. The number of esters is 1. The lowest BCUT2D eigenvalue weighted by atomic mass is 10.2. The number of aryl methyl sites for hydroxylation is 1. The molecule has 0 fully saturated rings. The number of benzene rings is 2. The van der Waals surface area contributed by atoms with Gasteiger partial charge in [-0.25, -0.2) is 4.79 Å². The van der Waals surface area contributed by atoms with Gasteiger partial charge < -0.3 is 10.1 Å². The second kappa shape index (κ2) is 8.02. The Bertz CT molecular complexity index is 1160. The summed E-state index contributed by atoms with van der Waals surface area (Å²) in [7, 11) is 0. The van der Waals surface area contributed by atoms with Gasteiger partial charge in [0.15, 0.2) is 6.61 Å². The molecular weight excluding hydrogens is 402 g/mol. The molecule has 0 aliphatic heterocycles. The molecule has 3 rings (SSSR count). The molecule has 1 N–H and O–H groups in total. The van der Waals surface area contributed by atoms with Crippen molar-refractivity contribution in [2.24, 2.45) is 0 Å². The highest BCUT2D eigenvalue weighted by molar-refractivity contribution is 7.20. The zero-order valence-electron chi connectivity index (χ0n) is 14.9. The van der Waals surface area contributed by atoms with Crippen LogP contribution in [0.2, 0.25) is 0 Å². The van der Waals surface area contributed by atoms with E-state index >= 15 is 0 Å². The SMILES string of the molecule is Cc1ccc(NC(=O)COC(=O)c2cc3cc([N+](=O)[O-])ccc3s2)cc1[N+](=O)[O-]. The lowest BCUT2D eigenvalue weighted by Gasteiger charge is -2.06. The van der Waals surface area contributed by atoms with E-state index in [1.54, 1.807) is 6.92 Å². The van der Waals surface area contributed by atoms with Crippen molar-refractivity contribution >= 4 is 50.4 Å². The number of carbonyl (C=O) groups excluding carboxylic acids is 2. The highest BCUT2D eigenvalue weighted by Gasteiger charge is 2.17.